The van der Waals surface area contributed by atoms with E-state index in [4.69, 9.17) is 17.3 Å². The fourth-order valence-electron chi connectivity index (χ4n) is 8.36. The third-order valence-electron chi connectivity index (χ3n) is 11.8. The molecule has 0 bridgehead atoms. The molecule has 0 aliphatic rings. The summed E-state index contributed by atoms with van der Waals surface area (Å²) >= 11 is 0. The fourth-order valence-corrected chi connectivity index (χ4v) is 8.36. The molecule has 67 heavy (non-hydrogen) atoms. The van der Waals surface area contributed by atoms with E-state index in [1.807, 2.05) is 42.5 Å². The first-order chi connectivity index (χ1) is 35.6. The van der Waals surface area contributed by atoms with E-state index in [0.29, 0.717) is 11.1 Å². The quantitative estimate of drug-likeness (QED) is 0.142. The second-order valence-corrected chi connectivity index (χ2v) is 16.9. The van der Waals surface area contributed by atoms with Crippen molar-refractivity contribution in [1.82, 2.24) is 14.5 Å². The number of nitrogens with zero attached hydrogens (tertiary/aromatic N) is 3. The Morgan fingerprint density at radius 2 is 1.30 bits per heavy atom. The van der Waals surface area contributed by atoms with E-state index in [0.717, 1.165) is 62.3 Å². The van der Waals surface area contributed by atoms with Crippen molar-refractivity contribution >= 4 is 21.8 Å². The molecule has 335 valence electrons. The van der Waals surface area contributed by atoms with Gasteiger partial charge in [0.25, 0.3) is 0 Å². The molecule has 2 aromatic heterocycles. The van der Waals surface area contributed by atoms with Gasteiger partial charge in [0.15, 0.2) is 0 Å². The number of fused-ring (bicyclic) bond motifs is 2. The number of halogens is 2. The van der Waals surface area contributed by atoms with Crippen molar-refractivity contribution in [2.75, 3.05) is 0 Å². The molecule has 0 fully saturated rings. The SMILES string of the molecule is CC(C)c1cc(-c2ccc(-c3ccccc3)cc2)cc(C(C)C)c1-n1c(-c2[c-]ccc3ccccc23)nc2ccc(-c3cc(F)ccc3F)cc21.[2H]C([2H])([2H])c1c[c-]c(-c2cc(C([2H])([2H])[2H])c(C([2H])([2H])[2H])cn2)cc1.[Ir]. The minimum Gasteiger partial charge on any atom is -0.333 e. The molecule has 0 amide bonds. The molecule has 1 radical (unpaired) electrons. The van der Waals surface area contributed by atoms with Gasteiger partial charge in [0, 0.05) is 49.9 Å². The predicted molar refractivity (Wildman–Crippen MR) is 270 cm³/mol. The summed E-state index contributed by atoms with van der Waals surface area (Å²) < 4.78 is 98.8. The minimum absolute atomic E-state index is 0. The first kappa shape index (κ1) is 36.3. The molecule has 6 heteroatoms. The van der Waals surface area contributed by atoms with Crippen molar-refractivity contribution in [3.05, 3.63) is 222 Å². The zero-order valence-electron chi connectivity index (χ0n) is 46.3. The van der Waals surface area contributed by atoms with Crippen LogP contribution in [0, 0.1) is 44.3 Å². The van der Waals surface area contributed by atoms with Crippen LogP contribution in [0.3, 0.4) is 0 Å². The van der Waals surface area contributed by atoms with Crippen LogP contribution in [0.1, 0.15) is 79.7 Å². The minimum atomic E-state index is -2.61. The van der Waals surface area contributed by atoms with Crippen LogP contribution in [-0.4, -0.2) is 14.5 Å². The molecule has 0 aliphatic carbocycles. The molecular formula is C61H51F2IrN3-2. The first-order valence-electron chi connectivity index (χ1n) is 26.3. The van der Waals surface area contributed by atoms with Crippen LogP contribution in [0.5, 0.6) is 0 Å². The number of aryl methyl sites for hydroxylation is 3. The maximum atomic E-state index is 15.2. The molecular weight excluding hydrogens is 1000 g/mol. The third kappa shape index (κ3) is 9.70. The Labute approximate surface area is 419 Å². The van der Waals surface area contributed by atoms with Gasteiger partial charge in [-0.15, -0.1) is 64.5 Å². The second kappa shape index (κ2) is 19.9. The van der Waals surface area contributed by atoms with Crippen LogP contribution in [-0.2, 0) is 20.1 Å². The van der Waals surface area contributed by atoms with Crippen LogP contribution >= 0.6 is 0 Å². The molecule has 0 aliphatic heterocycles. The first-order valence-corrected chi connectivity index (χ1v) is 21.8. The van der Waals surface area contributed by atoms with Gasteiger partial charge < -0.3 is 9.55 Å². The van der Waals surface area contributed by atoms with E-state index in [2.05, 4.69) is 128 Å². The van der Waals surface area contributed by atoms with E-state index in [9.17, 15) is 4.39 Å². The smallest absolute Gasteiger partial charge is 0.131 e. The van der Waals surface area contributed by atoms with Crippen molar-refractivity contribution in [3.8, 4) is 61.7 Å². The zero-order valence-corrected chi connectivity index (χ0v) is 39.6. The molecule has 0 saturated heterocycles. The second-order valence-electron chi connectivity index (χ2n) is 16.9. The van der Waals surface area contributed by atoms with E-state index in [1.54, 1.807) is 0 Å². The van der Waals surface area contributed by atoms with E-state index in [1.165, 1.54) is 58.7 Å². The summed E-state index contributed by atoms with van der Waals surface area (Å²) in [6, 6.07) is 57.0. The number of hydrogen-bond donors (Lipinski definition) is 0. The Bertz CT molecular complexity index is 3670. The molecule has 10 aromatic rings. The third-order valence-corrected chi connectivity index (χ3v) is 11.8. The number of pyridine rings is 1. The molecule has 8 aromatic carbocycles. The van der Waals surface area contributed by atoms with Crippen LogP contribution in [0.4, 0.5) is 8.78 Å². The van der Waals surface area contributed by atoms with E-state index in [-0.39, 0.29) is 59.9 Å². The average molecular weight is 1070 g/mol. The van der Waals surface area contributed by atoms with E-state index < -0.39 is 32.2 Å². The number of benzene rings is 8. The Kier molecular flexibility index (Phi) is 10.8. The van der Waals surface area contributed by atoms with Crippen LogP contribution in [0.25, 0.3) is 83.5 Å². The molecule has 10 rings (SSSR count). The van der Waals surface area contributed by atoms with Crippen molar-refractivity contribution in [1.29, 1.82) is 0 Å². The maximum Gasteiger partial charge on any atom is 0.131 e. The molecule has 3 nitrogen and oxygen atoms in total. The predicted octanol–water partition coefficient (Wildman–Crippen LogP) is 16.6. The Morgan fingerprint density at radius 3 is 1.99 bits per heavy atom. The van der Waals surface area contributed by atoms with Crippen molar-refractivity contribution < 1.29 is 41.2 Å². The summed E-state index contributed by atoms with van der Waals surface area (Å²) in [6.45, 7) is 1.42. The van der Waals surface area contributed by atoms with E-state index >= 15 is 4.39 Å². The monoisotopic (exact) mass is 1070 g/mol. The van der Waals surface area contributed by atoms with Gasteiger partial charge in [-0.2, -0.15) is 0 Å². The van der Waals surface area contributed by atoms with Crippen molar-refractivity contribution in [2.45, 2.75) is 60.1 Å². The van der Waals surface area contributed by atoms with Crippen LogP contribution in [0.15, 0.2) is 170 Å². The van der Waals surface area contributed by atoms with Gasteiger partial charge >= 0.3 is 0 Å². The molecule has 0 saturated carbocycles. The summed E-state index contributed by atoms with van der Waals surface area (Å²) in [6.07, 6.45) is 1.02. The van der Waals surface area contributed by atoms with Gasteiger partial charge in [-0.25, -0.2) is 8.78 Å². The molecule has 0 atom stereocenters. The number of hydrogen-bond acceptors (Lipinski definition) is 2. The summed E-state index contributed by atoms with van der Waals surface area (Å²) in [4.78, 5) is 9.27. The average Bonchev–Trinajstić information content (AvgIpc) is 3.80. The number of aromatic nitrogens is 3. The molecule has 0 spiro atoms. The maximum absolute atomic E-state index is 15.2. The van der Waals surface area contributed by atoms with Gasteiger partial charge in [-0.3, -0.25) is 4.98 Å². The van der Waals surface area contributed by atoms with Gasteiger partial charge in [-0.1, -0.05) is 136 Å². The summed E-state index contributed by atoms with van der Waals surface area (Å²) in [5.74, 6) is 0.112. The normalized spacial score (nSPS) is 13.8. The Hall–Kier alpha value is -6.85. The summed E-state index contributed by atoms with van der Waals surface area (Å²) in [5.41, 5.74) is 11.4. The molecule has 2 heterocycles. The molecule has 0 unspecified atom stereocenters. The van der Waals surface area contributed by atoms with Crippen LogP contribution < -0.4 is 0 Å². The Morgan fingerprint density at radius 1 is 0.612 bits per heavy atom. The number of rotatable bonds is 8. The summed E-state index contributed by atoms with van der Waals surface area (Å²) in [7, 11) is 0. The fraction of sp³-hybridized carbons (Fsp3) is 0.148. The zero-order chi connectivity index (χ0) is 53.6. The molecule has 0 N–H and O–H groups in total. The van der Waals surface area contributed by atoms with Crippen molar-refractivity contribution in [3.63, 3.8) is 0 Å². The summed E-state index contributed by atoms with van der Waals surface area (Å²) in [5, 5.41) is 2.13. The Balaban J connectivity index is 0.000000258. The van der Waals surface area contributed by atoms with Gasteiger partial charge in [0.2, 0.25) is 0 Å². The van der Waals surface area contributed by atoms with Gasteiger partial charge in [0.05, 0.1) is 16.9 Å². The van der Waals surface area contributed by atoms with Gasteiger partial charge in [-0.05, 0) is 118 Å². The van der Waals surface area contributed by atoms with Gasteiger partial charge in [0.1, 0.15) is 11.6 Å². The van der Waals surface area contributed by atoms with Crippen LogP contribution in [0.2, 0.25) is 0 Å². The largest absolute Gasteiger partial charge is 0.333 e. The topological polar surface area (TPSA) is 30.7 Å². The van der Waals surface area contributed by atoms with Crippen molar-refractivity contribution in [2.24, 2.45) is 0 Å². The standard InChI is InChI=1S/C47H37F2N2.C14H14N.Ir/c1-29(2)40-25-36(33-19-17-32(18-20-33)31-11-6-5-7-12-31)26-41(30(3)4)46(40)51-45-27-35(42-28-37(48)22-23-43(42)49)21-24-44(45)50-47(51)39-16-10-14-34-13-8-9-15-38(34)39;1-10-4-6-13(7-5-10)14-8-11(2)12(3)9-15-14;/h5-15,17-30H,1-4H3;4-6,8-9H,1-3H3;/q2*-1;/i;1D3,2D3,3D3;. The number of imidazole rings is 1.